The summed E-state index contributed by atoms with van der Waals surface area (Å²) in [5, 5.41) is 0. The predicted molar refractivity (Wildman–Crippen MR) is 59.8 cm³/mol. The molecule has 0 amide bonds. The Labute approximate surface area is 84.5 Å². The van der Waals surface area contributed by atoms with Gasteiger partial charge in [-0.25, -0.2) is 0 Å². The van der Waals surface area contributed by atoms with Crippen molar-refractivity contribution in [3.8, 4) is 0 Å². The molecule has 2 rings (SSSR count). The molecule has 0 unspecified atom stereocenters. The highest BCUT2D eigenvalue weighted by molar-refractivity contribution is 5.72. The summed E-state index contributed by atoms with van der Waals surface area (Å²) in [6.07, 6.45) is 13.4. The Hall–Kier alpha value is -1.63. The standard InChI is InChI=1S/C13H13N/c1-11-8-9-13(14-10-11)12-6-4-2-3-5-7-12/h2-4,6-10H,5H2,1H3. The van der Waals surface area contributed by atoms with Gasteiger partial charge in [-0.05, 0) is 30.5 Å². The van der Waals surface area contributed by atoms with Gasteiger partial charge in [-0.3, -0.25) is 4.98 Å². The Morgan fingerprint density at radius 1 is 1.21 bits per heavy atom. The van der Waals surface area contributed by atoms with Crippen LogP contribution in [0.5, 0.6) is 0 Å². The fraction of sp³-hybridized carbons (Fsp3) is 0.154. The van der Waals surface area contributed by atoms with E-state index in [4.69, 9.17) is 0 Å². The van der Waals surface area contributed by atoms with Gasteiger partial charge in [-0.15, -0.1) is 0 Å². The average Bonchev–Trinajstić information content (AvgIpc) is 2.47. The van der Waals surface area contributed by atoms with Gasteiger partial charge in [0.05, 0.1) is 5.69 Å². The van der Waals surface area contributed by atoms with Gasteiger partial charge in [0.1, 0.15) is 0 Å². The molecule has 0 saturated carbocycles. The molecule has 0 aromatic carbocycles. The average molecular weight is 183 g/mol. The molecular weight excluding hydrogens is 170 g/mol. The van der Waals surface area contributed by atoms with E-state index < -0.39 is 0 Å². The number of aromatic nitrogens is 1. The number of nitrogens with zero attached hydrogens (tertiary/aromatic N) is 1. The first-order valence-corrected chi connectivity index (χ1v) is 4.83. The molecule has 1 aliphatic rings. The van der Waals surface area contributed by atoms with Crippen LogP contribution in [0.2, 0.25) is 0 Å². The summed E-state index contributed by atoms with van der Waals surface area (Å²) in [7, 11) is 0. The first kappa shape index (κ1) is 8.95. The van der Waals surface area contributed by atoms with Crippen molar-refractivity contribution in [3.05, 3.63) is 60.0 Å². The molecule has 0 atom stereocenters. The molecule has 0 spiro atoms. The molecule has 1 aromatic heterocycles. The van der Waals surface area contributed by atoms with E-state index in [-0.39, 0.29) is 0 Å². The van der Waals surface area contributed by atoms with Crippen molar-refractivity contribution in [1.82, 2.24) is 4.98 Å². The van der Waals surface area contributed by atoms with E-state index in [9.17, 15) is 0 Å². The van der Waals surface area contributed by atoms with Crippen molar-refractivity contribution in [2.45, 2.75) is 13.3 Å². The third-order valence-corrected chi connectivity index (χ3v) is 2.20. The number of hydrogen-bond acceptors (Lipinski definition) is 1. The maximum absolute atomic E-state index is 4.40. The van der Waals surface area contributed by atoms with Gasteiger partial charge >= 0.3 is 0 Å². The van der Waals surface area contributed by atoms with Gasteiger partial charge in [0.15, 0.2) is 0 Å². The second-order valence-corrected chi connectivity index (χ2v) is 3.40. The maximum atomic E-state index is 4.40. The molecular formula is C13H13N. The quantitative estimate of drug-likeness (QED) is 0.651. The van der Waals surface area contributed by atoms with Crippen LogP contribution in [0.4, 0.5) is 0 Å². The normalized spacial score (nSPS) is 15.1. The highest BCUT2D eigenvalue weighted by atomic mass is 14.7. The van der Waals surface area contributed by atoms with Crippen LogP contribution in [0.15, 0.2) is 48.7 Å². The predicted octanol–water partition coefficient (Wildman–Crippen LogP) is 3.29. The molecule has 14 heavy (non-hydrogen) atoms. The lowest BCUT2D eigenvalue weighted by Gasteiger charge is -2.00. The largest absolute Gasteiger partial charge is 0.256 e. The summed E-state index contributed by atoms with van der Waals surface area (Å²) in [6, 6.07) is 4.16. The third kappa shape index (κ3) is 1.99. The summed E-state index contributed by atoms with van der Waals surface area (Å²) in [5.74, 6) is 0. The first-order chi connectivity index (χ1) is 6.86. The Kier molecular flexibility index (Phi) is 2.59. The summed E-state index contributed by atoms with van der Waals surface area (Å²) < 4.78 is 0. The lowest BCUT2D eigenvalue weighted by Crippen LogP contribution is -1.86. The summed E-state index contributed by atoms with van der Waals surface area (Å²) in [6.45, 7) is 2.05. The Morgan fingerprint density at radius 2 is 2.14 bits per heavy atom. The lowest BCUT2D eigenvalue weighted by atomic mass is 10.1. The van der Waals surface area contributed by atoms with Crippen LogP contribution in [0.1, 0.15) is 17.7 Å². The van der Waals surface area contributed by atoms with Crippen molar-refractivity contribution < 1.29 is 0 Å². The molecule has 1 nitrogen and oxygen atoms in total. The fourth-order valence-corrected chi connectivity index (χ4v) is 1.41. The van der Waals surface area contributed by atoms with Crippen LogP contribution in [0.25, 0.3) is 5.57 Å². The van der Waals surface area contributed by atoms with Crippen LogP contribution in [0, 0.1) is 6.92 Å². The Morgan fingerprint density at radius 3 is 2.93 bits per heavy atom. The molecule has 70 valence electrons. The fourth-order valence-electron chi connectivity index (χ4n) is 1.41. The van der Waals surface area contributed by atoms with Crippen LogP contribution in [-0.4, -0.2) is 4.98 Å². The molecule has 0 fully saturated rings. The molecule has 1 heterocycles. The zero-order chi connectivity index (χ0) is 9.80. The van der Waals surface area contributed by atoms with Crippen molar-refractivity contribution in [1.29, 1.82) is 0 Å². The minimum atomic E-state index is 0.984. The molecule has 1 aromatic rings. The van der Waals surface area contributed by atoms with Crippen LogP contribution in [-0.2, 0) is 0 Å². The van der Waals surface area contributed by atoms with Crippen molar-refractivity contribution in [3.63, 3.8) is 0 Å². The van der Waals surface area contributed by atoms with E-state index in [1.54, 1.807) is 0 Å². The minimum absolute atomic E-state index is 0.984. The topological polar surface area (TPSA) is 12.9 Å². The molecule has 0 N–H and O–H groups in total. The van der Waals surface area contributed by atoms with Crippen molar-refractivity contribution in [2.75, 3.05) is 0 Å². The number of rotatable bonds is 1. The number of pyridine rings is 1. The van der Waals surface area contributed by atoms with Gasteiger partial charge in [-0.2, -0.15) is 0 Å². The number of aryl methyl sites for hydroxylation is 1. The van der Waals surface area contributed by atoms with Gasteiger partial charge < -0.3 is 0 Å². The summed E-state index contributed by atoms with van der Waals surface area (Å²) >= 11 is 0. The highest BCUT2D eigenvalue weighted by Crippen LogP contribution is 2.16. The lowest BCUT2D eigenvalue weighted by molar-refractivity contribution is 1.23. The van der Waals surface area contributed by atoms with E-state index in [0.717, 1.165) is 12.1 Å². The molecule has 0 bridgehead atoms. The van der Waals surface area contributed by atoms with Crippen molar-refractivity contribution >= 4 is 5.57 Å². The Bertz CT molecular complexity index is 394. The first-order valence-electron chi connectivity index (χ1n) is 4.83. The highest BCUT2D eigenvalue weighted by Gasteiger charge is 1.99. The second kappa shape index (κ2) is 4.05. The molecule has 1 aliphatic carbocycles. The number of hydrogen-bond donors (Lipinski definition) is 0. The minimum Gasteiger partial charge on any atom is -0.256 e. The second-order valence-electron chi connectivity index (χ2n) is 3.40. The monoisotopic (exact) mass is 183 g/mol. The third-order valence-electron chi connectivity index (χ3n) is 2.20. The Balaban J connectivity index is 2.31. The molecule has 1 heteroatoms. The van der Waals surface area contributed by atoms with E-state index in [1.165, 1.54) is 11.1 Å². The van der Waals surface area contributed by atoms with E-state index >= 15 is 0 Å². The van der Waals surface area contributed by atoms with Gasteiger partial charge in [0.2, 0.25) is 0 Å². The van der Waals surface area contributed by atoms with Gasteiger partial charge in [-0.1, -0.05) is 36.4 Å². The van der Waals surface area contributed by atoms with Crippen LogP contribution < -0.4 is 0 Å². The van der Waals surface area contributed by atoms with Crippen LogP contribution in [0.3, 0.4) is 0 Å². The number of allylic oxidation sites excluding steroid dienone is 6. The summed E-state index contributed by atoms with van der Waals surface area (Å²) in [4.78, 5) is 4.40. The van der Waals surface area contributed by atoms with Crippen LogP contribution >= 0.6 is 0 Å². The smallest absolute Gasteiger partial charge is 0.0699 e. The zero-order valence-electron chi connectivity index (χ0n) is 8.27. The molecule has 0 saturated heterocycles. The van der Waals surface area contributed by atoms with E-state index in [1.807, 2.05) is 6.20 Å². The molecule has 0 radical (unpaired) electrons. The molecule has 0 aliphatic heterocycles. The van der Waals surface area contributed by atoms with Gasteiger partial charge in [0.25, 0.3) is 0 Å². The SMILES string of the molecule is Cc1ccc(C2=CCC=CC=C2)nc1. The van der Waals surface area contributed by atoms with Crippen molar-refractivity contribution in [2.24, 2.45) is 0 Å². The van der Waals surface area contributed by atoms with E-state index in [2.05, 4.69) is 54.4 Å². The summed E-state index contributed by atoms with van der Waals surface area (Å²) in [5.41, 5.74) is 3.45. The zero-order valence-corrected chi connectivity index (χ0v) is 8.27. The maximum Gasteiger partial charge on any atom is 0.0699 e. The van der Waals surface area contributed by atoms with E-state index in [0.29, 0.717) is 0 Å². The van der Waals surface area contributed by atoms with Gasteiger partial charge in [0, 0.05) is 6.20 Å².